The van der Waals surface area contributed by atoms with Crippen molar-refractivity contribution in [1.82, 2.24) is 5.32 Å². The van der Waals surface area contributed by atoms with Crippen LogP contribution in [0.1, 0.15) is 47.3 Å². The van der Waals surface area contributed by atoms with Gasteiger partial charge in [0.1, 0.15) is 5.75 Å². The second-order valence-electron chi connectivity index (χ2n) is 6.61. The minimum Gasteiger partial charge on any atom is -0.497 e. The highest BCUT2D eigenvalue weighted by molar-refractivity contribution is 5.94. The molecule has 3 nitrogen and oxygen atoms in total. The maximum Gasteiger partial charge on any atom is 0.251 e. The first kappa shape index (κ1) is 18.1. The third kappa shape index (κ3) is 5.12. The van der Waals surface area contributed by atoms with Crippen LogP contribution in [-0.2, 0) is 6.42 Å². The Morgan fingerprint density at radius 2 is 1.96 bits per heavy atom. The Kier molecular flexibility index (Phi) is 6.42. The van der Waals surface area contributed by atoms with Crippen LogP contribution in [0.3, 0.4) is 0 Å². The summed E-state index contributed by atoms with van der Waals surface area (Å²) in [6.07, 6.45) is 1.83. The van der Waals surface area contributed by atoms with E-state index in [2.05, 4.69) is 32.2 Å². The molecule has 128 valence electrons. The minimum absolute atomic E-state index is 0.00619. The molecule has 3 heteroatoms. The number of carbonyl (C=O) groups excluding carboxylic acids is 1. The van der Waals surface area contributed by atoms with Gasteiger partial charge in [-0.1, -0.05) is 32.0 Å². The van der Waals surface area contributed by atoms with Crippen molar-refractivity contribution in [3.05, 3.63) is 64.7 Å². The van der Waals surface area contributed by atoms with Crippen LogP contribution in [0, 0.1) is 12.8 Å². The van der Waals surface area contributed by atoms with Gasteiger partial charge in [0.15, 0.2) is 0 Å². The molecule has 1 amide bonds. The van der Waals surface area contributed by atoms with Gasteiger partial charge >= 0.3 is 0 Å². The summed E-state index contributed by atoms with van der Waals surface area (Å²) < 4.78 is 5.27. The van der Waals surface area contributed by atoms with Crippen LogP contribution in [-0.4, -0.2) is 19.6 Å². The molecule has 0 aliphatic rings. The molecule has 2 aromatic carbocycles. The summed E-state index contributed by atoms with van der Waals surface area (Å²) in [6, 6.07) is 14.0. The fraction of sp³-hybridized carbons (Fsp3) is 0.381. The Morgan fingerprint density at radius 3 is 2.62 bits per heavy atom. The van der Waals surface area contributed by atoms with E-state index < -0.39 is 0 Å². The molecule has 1 N–H and O–H groups in total. The molecule has 0 aliphatic carbocycles. The van der Waals surface area contributed by atoms with Crippen LogP contribution in [0.2, 0.25) is 0 Å². The highest BCUT2D eigenvalue weighted by atomic mass is 16.5. The second kappa shape index (κ2) is 8.53. The second-order valence-corrected chi connectivity index (χ2v) is 6.61. The fourth-order valence-corrected chi connectivity index (χ4v) is 2.61. The van der Waals surface area contributed by atoms with E-state index >= 15 is 0 Å². The summed E-state index contributed by atoms with van der Waals surface area (Å²) in [5, 5.41) is 2.99. The monoisotopic (exact) mass is 325 g/mol. The quantitative estimate of drug-likeness (QED) is 0.821. The molecule has 0 saturated heterocycles. The zero-order valence-corrected chi connectivity index (χ0v) is 15.1. The molecular weight excluding hydrogens is 298 g/mol. The summed E-state index contributed by atoms with van der Waals surface area (Å²) >= 11 is 0. The molecule has 0 spiro atoms. The van der Waals surface area contributed by atoms with Crippen LogP contribution >= 0.6 is 0 Å². The number of carbonyl (C=O) groups is 1. The molecule has 24 heavy (non-hydrogen) atoms. The van der Waals surface area contributed by atoms with E-state index in [-0.39, 0.29) is 5.91 Å². The Balaban J connectivity index is 2.04. The Labute approximate surface area is 145 Å². The highest BCUT2D eigenvalue weighted by Gasteiger charge is 2.08. The third-order valence-corrected chi connectivity index (χ3v) is 4.14. The minimum atomic E-state index is 0.00619. The lowest BCUT2D eigenvalue weighted by molar-refractivity contribution is 0.0952. The molecule has 0 radical (unpaired) electrons. The Bertz CT molecular complexity index is 692. The van der Waals surface area contributed by atoms with Gasteiger partial charge in [-0.15, -0.1) is 0 Å². The summed E-state index contributed by atoms with van der Waals surface area (Å²) in [6.45, 7) is 7.09. The van der Waals surface area contributed by atoms with Gasteiger partial charge in [-0.25, -0.2) is 0 Å². The number of hydrogen-bond donors (Lipinski definition) is 1. The van der Waals surface area contributed by atoms with Crippen molar-refractivity contribution < 1.29 is 9.53 Å². The number of amides is 1. The van der Waals surface area contributed by atoms with E-state index in [1.807, 2.05) is 36.4 Å². The lowest BCUT2D eigenvalue weighted by atomic mass is 9.98. The highest BCUT2D eigenvalue weighted by Crippen LogP contribution is 2.19. The third-order valence-electron chi connectivity index (χ3n) is 4.14. The molecule has 2 rings (SSSR count). The van der Waals surface area contributed by atoms with Crippen molar-refractivity contribution in [2.45, 2.75) is 33.6 Å². The Morgan fingerprint density at radius 1 is 1.17 bits per heavy atom. The average Bonchev–Trinajstić information content (AvgIpc) is 2.56. The predicted octanol–water partition coefficient (Wildman–Crippen LogP) is 4.37. The molecule has 2 aromatic rings. The standard InChI is InChI=1S/C21H27NO2/c1-15(2)10-11-22-21(23)19-9-8-18(16(3)12-19)13-17-6-5-7-20(14-17)24-4/h5-9,12,14-15H,10-11,13H2,1-4H3,(H,22,23). The first-order valence-corrected chi connectivity index (χ1v) is 8.50. The molecule has 0 aliphatic heterocycles. The zero-order valence-electron chi connectivity index (χ0n) is 15.1. The van der Waals surface area contributed by atoms with Crippen molar-refractivity contribution in [1.29, 1.82) is 0 Å². The maximum atomic E-state index is 12.2. The number of benzene rings is 2. The van der Waals surface area contributed by atoms with E-state index in [1.54, 1.807) is 7.11 Å². The van der Waals surface area contributed by atoms with Crippen molar-refractivity contribution in [2.75, 3.05) is 13.7 Å². The Hall–Kier alpha value is -2.29. The summed E-state index contributed by atoms with van der Waals surface area (Å²) in [5.41, 5.74) is 4.29. The molecular formula is C21H27NO2. The predicted molar refractivity (Wildman–Crippen MR) is 98.8 cm³/mol. The van der Waals surface area contributed by atoms with E-state index in [9.17, 15) is 4.79 Å². The number of nitrogens with one attached hydrogen (secondary N) is 1. The van der Waals surface area contributed by atoms with E-state index in [4.69, 9.17) is 4.74 Å². The van der Waals surface area contributed by atoms with Gasteiger partial charge in [0, 0.05) is 12.1 Å². The normalized spacial score (nSPS) is 10.7. The lowest BCUT2D eigenvalue weighted by Crippen LogP contribution is -2.25. The number of methoxy groups -OCH3 is 1. The average molecular weight is 325 g/mol. The van der Waals surface area contributed by atoms with Gasteiger partial charge in [0.2, 0.25) is 0 Å². The number of rotatable bonds is 7. The molecule has 0 unspecified atom stereocenters. The zero-order chi connectivity index (χ0) is 17.5. The first-order chi connectivity index (χ1) is 11.5. The number of hydrogen-bond acceptors (Lipinski definition) is 2. The van der Waals surface area contributed by atoms with Gasteiger partial charge in [-0.05, 0) is 66.6 Å². The molecule has 0 aromatic heterocycles. The summed E-state index contributed by atoms with van der Waals surface area (Å²) in [4.78, 5) is 12.2. The van der Waals surface area contributed by atoms with Crippen LogP contribution in [0.25, 0.3) is 0 Å². The van der Waals surface area contributed by atoms with Gasteiger partial charge in [0.05, 0.1) is 7.11 Å². The first-order valence-electron chi connectivity index (χ1n) is 8.50. The maximum absolute atomic E-state index is 12.2. The topological polar surface area (TPSA) is 38.3 Å². The van der Waals surface area contributed by atoms with E-state index in [0.29, 0.717) is 5.92 Å². The molecule has 0 saturated carbocycles. The van der Waals surface area contributed by atoms with Crippen LogP contribution < -0.4 is 10.1 Å². The molecule has 0 atom stereocenters. The summed E-state index contributed by atoms with van der Waals surface area (Å²) in [5.74, 6) is 1.47. The van der Waals surface area contributed by atoms with Crippen LogP contribution in [0.15, 0.2) is 42.5 Å². The van der Waals surface area contributed by atoms with Crippen LogP contribution in [0.5, 0.6) is 5.75 Å². The molecule has 0 bridgehead atoms. The number of aryl methyl sites for hydroxylation is 1. The van der Waals surface area contributed by atoms with Gasteiger partial charge in [-0.3, -0.25) is 4.79 Å². The van der Waals surface area contributed by atoms with Gasteiger partial charge < -0.3 is 10.1 Å². The van der Waals surface area contributed by atoms with Crippen molar-refractivity contribution >= 4 is 5.91 Å². The molecule has 0 fully saturated rings. The van der Waals surface area contributed by atoms with Crippen molar-refractivity contribution in [2.24, 2.45) is 5.92 Å². The van der Waals surface area contributed by atoms with Gasteiger partial charge in [0.25, 0.3) is 5.91 Å². The summed E-state index contributed by atoms with van der Waals surface area (Å²) in [7, 11) is 1.68. The lowest BCUT2D eigenvalue weighted by Gasteiger charge is -2.11. The molecule has 0 heterocycles. The van der Waals surface area contributed by atoms with Gasteiger partial charge in [-0.2, -0.15) is 0 Å². The van der Waals surface area contributed by atoms with Crippen molar-refractivity contribution in [3.8, 4) is 5.75 Å². The largest absolute Gasteiger partial charge is 0.497 e. The smallest absolute Gasteiger partial charge is 0.251 e. The SMILES string of the molecule is COc1cccc(Cc2ccc(C(=O)NCCC(C)C)cc2C)c1. The fourth-order valence-electron chi connectivity index (χ4n) is 2.61. The number of ether oxygens (including phenoxy) is 1. The van der Waals surface area contributed by atoms with E-state index in [1.165, 1.54) is 11.1 Å². The van der Waals surface area contributed by atoms with E-state index in [0.717, 1.165) is 36.3 Å². The van der Waals surface area contributed by atoms with Crippen molar-refractivity contribution in [3.63, 3.8) is 0 Å². The van der Waals surface area contributed by atoms with Crippen LogP contribution in [0.4, 0.5) is 0 Å².